The summed E-state index contributed by atoms with van der Waals surface area (Å²) in [5.41, 5.74) is 2.11. The molecule has 1 atom stereocenters. The van der Waals surface area contributed by atoms with E-state index < -0.39 is 29.3 Å². The summed E-state index contributed by atoms with van der Waals surface area (Å²) in [5, 5.41) is 32.1. The van der Waals surface area contributed by atoms with Gasteiger partial charge in [0.1, 0.15) is 28.8 Å². The highest BCUT2D eigenvalue weighted by Gasteiger charge is 2.54. The Balaban J connectivity index is 0.698. The number of hydrogen-bond donors (Lipinski definition) is 6. The monoisotopic (exact) mass is 1010 g/mol. The molecule has 3 aliphatic heterocycles. The van der Waals surface area contributed by atoms with Crippen molar-refractivity contribution in [2.45, 2.75) is 62.9 Å². The molecule has 1 spiro atoms. The number of phenolic OH excluding ortho intramolecular Hbond substituents is 2. The number of oxazole rings is 1. The molecule has 5 heterocycles. The molecule has 0 aliphatic carbocycles. The highest BCUT2D eigenvalue weighted by molar-refractivity contribution is 6.04. The fourth-order valence-electron chi connectivity index (χ4n) is 9.64. The predicted molar refractivity (Wildman–Crippen MR) is 265 cm³/mol. The maximum Gasteiger partial charge on any atom is 0.416 e. The van der Waals surface area contributed by atoms with Crippen LogP contribution in [0.2, 0.25) is 0 Å². The molecule has 378 valence electrons. The number of amides is 4. The maximum absolute atomic E-state index is 14.0. The van der Waals surface area contributed by atoms with Gasteiger partial charge >= 0.3 is 18.2 Å². The molecule has 0 saturated heterocycles. The van der Waals surface area contributed by atoms with Crippen molar-refractivity contribution >= 4 is 35.3 Å². The van der Waals surface area contributed by atoms with Crippen molar-refractivity contribution in [1.29, 1.82) is 0 Å². The number of pyridine rings is 1. The zero-order chi connectivity index (χ0) is 51.7. The van der Waals surface area contributed by atoms with E-state index in [0.29, 0.717) is 90.4 Å². The number of alkyl halides is 3. The Labute approximate surface area is 421 Å². The number of urea groups is 1. The van der Waals surface area contributed by atoms with Gasteiger partial charge < -0.3 is 45.4 Å². The average molecular weight is 1010 g/mol. The van der Waals surface area contributed by atoms with Gasteiger partial charge in [-0.15, -0.1) is 0 Å². The van der Waals surface area contributed by atoms with Crippen molar-refractivity contribution in [1.82, 2.24) is 25.9 Å². The predicted octanol–water partition coefficient (Wildman–Crippen LogP) is 9.58. The van der Waals surface area contributed by atoms with Gasteiger partial charge in [0.2, 0.25) is 11.8 Å². The topological polar surface area (TPSA) is 217 Å². The van der Waals surface area contributed by atoms with E-state index >= 15 is 0 Å². The van der Waals surface area contributed by atoms with E-state index in [2.05, 4.69) is 26.3 Å². The number of carbonyl (C=O) groups is 4. The van der Waals surface area contributed by atoms with Crippen LogP contribution < -0.4 is 30.9 Å². The second-order valence-corrected chi connectivity index (χ2v) is 18.1. The summed E-state index contributed by atoms with van der Waals surface area (Å²) in [5.74, 6) is 0.179. The minimum Gasteiger partial charge on any atom is -0.508 e. The smallest absolute Gasteiger partial charge is 0.416 e. The fraction of sp³-hybridized carbons (Fsp3) is 0.236. The van der Waals surface area contributed by atoms with Crippen LogP contribution in [-0.4, -0.2) is 70.2 Å². The molecule has 10 rings (SSSR count). The van der Waals surface area contributed by atoms with Crippen LogP contribution >= 0.6 is 0 Å². The average Bonchev–Trinajstić information content (AvgIpc) is 4.12. The van der Waals surface area contributed by atoms with E-state index in [0.717, 1.165) is 17.7 Å². The zero-order valence-corrected chi connectivity index (χ0v) is 39.7. The first-order chi connectivity index (χ1) is 35.7. The summed E-state index contributed by atoms with van der Waals surface area (Å²) in [4.78, 5) is 64.1. The first-order valence-electron chi connectivity index (χ1n) is 23.9. The van der Waals surface area contributed by atoms with E-state index in [1.165, 1.54) is 42.6 Å². The first kappa shape index (κ1) is 48.9. The van der Waals surface area contributed by atoms with Crippen LogP contribution in [0, 0.1) is 0 Å². The number of unbranched alkanes of at least 4 members (excludes halogenated alkanes) is 2. The minimum absolute atomic E-state index is 0.0403. The third-order valence-electron chi connectivity index (χ3n) is 13.2. The van der Waals surface area contributed by atoms with Crippen molar-refractivity contribution < 1.29 is 56.5 Å². The molecule has 0 unspecified atom stereocenters. The van der Waals surface area contributed by atoms with Crippen LogP contribution in [0.15, 0.2) is 126 Å². The summed E-state index contributed by atoms with van der Waals surface area (Å²) in [6.45, 7) is 0.986. The number of benzene rings is 5. The largest absolute Gasteiger partial charge is 0.508 e. The lowest BCUT2D eigenvalue weighted by Crippen LogP contribution is -2.42. The highest BCUT2D eigenvalue weighted by atomic mass is 19.4. The molecule has 4 amide bonds. The number of phenols is 2. The van der Waals surface area contributed by atoms with E-state index in [-0.39, 0.29) is 76.4 Å². The summed E-state index contributed by atoms with van der Waals surface area (Å²) in [6.07, 6.45) is 0.149. The van der Waals surface area contributed by atoms with E-state index in [1.54, 1.807) is 71.6 Å². The van der Waals surface area contributed by atoms with E-state index in [4.69, 9.17) is 18.9 Å². The Morgan fingerprint density at radius 2 is 1.55 bits per heavy atom. The second kappa shape index (κ2) is 20.1. The summed E-state index contributed by atoms with van der Waals surface area (Å²) in [7, 11) is 1.81. The Morgan fingerprint density at radius 3 is 2.31 bits per heavy atom. The van der Waals surface area contributed by atoms with Crippen molar-refractivity contribution in [2.24, 2.45) is 0 Å². The van der Waals surface area contributed by atoms with Gasteiger partial charge in [-0.3, -0.25) is 14.5 Å². The van der Waals surface area contributed by atoms with Crippen molar-refractivity contribution in [2.75, 3.05) is 30.4 Å². The number of ether oxygens (including phenoxy) is 2. The first-order valence-corrected chi connectivity index (χ1v) is 23.9. The normalized spacial score (nSPS) is 14.8. The third-order valence-corrected chi connectivity index (χ3v) is 13.2. The van der Waals surface area contributed by atoms with Gasteiger partial charge in [0.05, 0.1) is 29.6 Å². The quantitative estimate of drug-likeness (QED) is 0.0418. The highest BCUT2D eigenvalue weighted by Crippen LogP contribution is 2.57. The Hall–Kier alpha value is -8.71. The molecule has 2 aromatic heterocycles. The summed E-state index contributed by atoms with van der Waals surface area (Å²) in [6, 6.07) is 28.4. The molecule has 19 heteroatoms. The third kappa shape index (κ3) is 9.68. The SMILES string of the molecule is CNCC[C@H]1Cc2ccc(-c3cccc(C(F)(F)F)c3)nc2N1C(=O)Nc1cccc(-c2cnc(CNC(=O)CCCCCNC(=O)c3ccc4c(c3)C(=O)OC43c4ccc(O)cc4Oc4cc(O)ccc43)o2)c1. The minimum atomic E-state index is -4.52. The molecule has 0 fully saturated rings. The maximum atomic E-state index is 14.0. The molecule has 6 N–H and O–H groups in total. The molecule has 3 aliphatic rings. The van der Waals surface area contributed by atoms with Crippen LogP contribution in [0.1, 0.15) is 86.5 Å². The summed E-state index contributed by atoms with van der Waals surface area (Å²) >= 11 is 0. The number of carbonyl (C=O) groups excluding carboxylic acids is 4. The number of hydrogen-bond acceptors (Lipinski definition) is 12. The number of nitrogens with zero attached hydrogens (tertiary/aromatic N) is 3. The molecular weight excluding hydrogens is 960 g/mol. The molecule has 74 heavy (non-hydrogen) atoms. The number of fused-ring (bicyclic) bond motifs is 7. The van der Waals surface area contributed by atoms with Crippen LogP contribution in [0.5, 0.6) is 23.0 Å². The number of aromatic nitrogens is 2. The van der Waals surface area contributed by atoms with Gasteiger partial charge in [-0.25, -0.2) is 19.6 Å². The van der Waals surface area contributed by atoms with Crippen LogP contribution in [0.3, 0.4) is 0 Å². The molecule has 0 saturated carbocycles. The van der Waals surface area contributed by atoms with Gasteiger partial charge in [0.15, 0.2) is 11.4 Å². The van der Waals surface area contributed by atoms with Crippen molar-refractivity contribution in [3.8, 4) is 45.6 Å². The molecule has 0 radical (unpaired) electrons. The lowest BCUT2D eigenvalue weighted by molar-refractivity contribution is -0.137. The fourth-order valence-corrected chi connectivity index (χ4v) is 9.64. The van der Waals surface area contributed by atoms with Gasteiger partial charge in [-0.1, -0.05) is 42.8 Å². The Kier molecular flexibility index (Phi) is 13.3. The van der Waals surface area contributed by atoms with Crippen LogP contribution in [-0.2, 0) is 34.3 Å². The number of halogens is 3. The van der Waals surface area contributed by atoms with E-state index in [1.807, 2.05) is 7.05 Å². The number of aromatic hydroxyl groups is 2. The number of esters is 1. The van der Waals surface area contributed by atoms with Gasteiger partial charge in [0, 0.05) is 70.2 Å². The molecule has 7 aromatic rings. The molecule has 16 nitrogen and oxygen atoms in total. The molecule has 5 aromatic carbocycles. The Bertz CT molecular complexity index is 3290. The van der Waals surface area contributed by atoms with Gasteiger partial charge in [0.25, 0.3) is 5.91 Å². The molecule has 0 bridgehead atoms. The van der Waals surface area contributed by atoms with Crippen LogP contribution in [0.4, 0.5) is 29.5 Å². The van der Waals surface area contributed by atoms with Crippen molar-refractivity contribution in [3.05, 3.63) is 166 Å². The number of nitrogens with one attached hydrogen (secondary N) is 4. The van der Waals surface area contributed by atoms with Crippen LogP contribution in [0.25, 0.3) is 22.6 Å². The summed E-state index contributed by atoms with van der Waals surface area (Å²) < 4.78 is 58.7. The van der Waals surface area contributed by atoms with Gasteiger partial charge in [-0.05, 0) is 112 Å². The molecular formula is C55H48F3N7O9. The number of rotatable bonds is 15. The standard InChI is InChI=1S/C55H48F3N7O9/c1-59-22-20-37-25-33-13-19-44(31-7-5-9-35(23-31)55(56,57)58)64-50(33)65(37)53(71)63-36-10-6-8-32(24-36)47-29-62-49(73-47)30-61-48(68)11-3-2-4-21-60-51(69)34-12-16-41-40(26-34)52(70)74-54(41)42-17-14-38(66)27-45(42)72-46-28-39(67)15-18-43(46)54/h5-10,12-19,23-24,26-29,37,59,66-67H,2-4,11,20-22,25,30H2,1H3,(H,60,69)(H,61,68)(H,63,71)/t37-/m0/s1. The lowest BCUT2D eigenvalue weighted by Gasteiger charge is -2.36. The lowest BCUT2D eigenvalue weighted by atomic mass is 9.77. The Morgan fingerprint density at radius 1 is 0.811 bits per heavy atom. The zero-order valence-electron chi connectivity index (χ0n) is 39.7. The number of anilines is 2. The van der Waals surface area contributed by atoms with Crippen molar-refractivity contribution in [3.63, 3.8) is 0 Å². The second-order valence-electron chi connectivity index (χ2n) is 18.1. The van der Waals surface area contributed by atoms with Gasteiger partial charge in [-0.2, -0.15) is 13.2 Å². The van der Waals surface area contributed by atoms with E-state index in [9.17, 15) is 42.6 Å².